The molecule has 3 heteroatoms. The third kappa shape index (κ3) is 1.91. The predicted octanol–water partition coefficient (Wildman–Crippen LogP) is 2.79. The molecule has 0 spiro atoms. The zero-order valence-electron chi connectivity index (χ0n) is 10.6. The van der Waals surface area contributed by atoms with Crippen LogP contribution in [0.3, 0.4) is 0 Å². The summed E-state index contributed by atoms with van der Waals surface area (Å²) in [6, 6.07) is 8.33. The predicted molar refractivity (Wildman–Crippen MR) is 72.1 cm³/mol. The Balaban J connectivity index is 2.08. The number of fused-ring (bicyclic) bond motifs is 1. The molecule has 1 aromatic heterocycles. The van der Waals surface area contributed by atoms with Crippen molar-refractivity contribution in [3.05, 3.63) is 47.3 Å². The summed E-state index contributed by atoms with van der Waals surface area (Å²) in [5.41, 5.74) is 10.7. The molecule has 0 fully saturated rings. The lowest BCUT2D eigenvalue weighted by atomic mass is 9.93. The Morgan fingerprint density at radius 3 is 2.94 bits per heavy atom. The first-order chi connectivity index (χ1) is 8.75. The molecule has 1 aromatic carbocycles. The highest BCUT2D eigenvalue weighted by atomic mass is 14.9. The fourth-order valence-corrected chi connectivity index (χ4v) is 2.53. The van der Waals surface area contributed by atoms with Crippen LogP contribution in [-0.2, 0) is 6.42 Å². The maximum Gasteiger partial charge on any atom is 0.159 e. The molecular formula is C15H17N3. The SMILES string of the molecule is Cc1ccccc1-c1ncc2c(n1)CCCC2N. The van der Waals surface area contributed by atoms with Crippen molar-refractivity contribution in [2.45, 2.75) is 32.2 Å². The van der Waals surface area contributed by atoms with Crippen LogP contribution in [0.15, 0.2) is 30.5 Å². The van der Waals surface area contributed by atoms with Crippen molar-refractivity contribution >= 4 is 0 Å². The molecule has 92 valence electrons. The Labute approximate surface area is 107 Å². The van der Waals surface area contributed by atoms with Gasteiger partial charge in [0.1, 0.15) is 0 Å². The van der Waals surface area contributed by atoms with E-state index in [1.807, 2.05) is 18.3 Å². The number of benzene rings is 1. The molecule has 18 heavy (non-hydrogen) atoms. The summed E-state index contributed by atoms with van der Waals surface area (Å²) in [6.45, 7) is 2.09. The van der Waals surface area contributed by atoms with E-state index < -0.39 is 0 Å². The van der Waals surface area contributed by atoms with Crippen LogP contribution in [0.2, 0.25) is 0 Å². The Morgan fingerprint density at radius 1 is 1.28 bits per heavy atom. The molecule has 1 heterocycles. The minimum absolute atomic E-state index is 0.111. The summed E-state index contributed by atoms with van der Waals surface area (Å²) < 4.78 is 0. The summed E-state index contributed by atoms with van der Waals surface area (Å²) in [5, 5.41) is 0. The van der Waals surface area contributed by atoms with Gasteiger partial charge in [-0.15, -0.1) is 0 Å². The fraction of sp³-hybridized carbons (Fsp3) is 0.333. The van der Waals surface area contributed by atoms with Crippen LogP contribution in [-0.4, -0.2) is 9.97 Å². The summed E-state index contributed by atoms with van der Waals surface area (Å²) in [6.07, 6.45) is 5.09. The van der Waals surface area contributed by atoms with Crippen molar-refractivity contribution in [1.82, 2.24) is 9.97 Å². The third-order valence-corrected chi connectivity index (χ3v) is 3.61. The maximum atomic E-state index is 6.09. The van der Waals surface area contributed by atoms with Crippen molar-refractivity contribution in [3.63, 3.8) is 0 Å². The minimum Gasteiger partial charge on any atom is -0.324 e. The number of hydrogen-bond acceptors (Lipinski definition) is 3. The van der Waals surface area contributed by atoms with Gasteiger partial charge in [-0.2, -0.15) is 0 Å². The molecule has 1 aliphatic carbocycles. The summed E-state index contributed by atoms with van der Waals surface area (Å²) in [5.74, 6) is 0.820. The van der Waals surface area contributed by atoms with Gasteiger partial charge >= 0.3 is 0 Å². The van der Waals surface area contributed by atoms with E-state index in [9.17, 15) is 0 Å². The smallest absolute Gasteiger partial charge is 0.159 e. The number of aryl methyl sites for hydroxylation is 2. The molecule has 2 N–H and O–H groups in total. The first-order valence-electron chi connectivity index (χ1n) is 6.43. The van der Waals surface area contributed by atoms with Crippen LogP contribution in [0.4, 0.5) is 0 Å². The number of rotatable bonds is 1. The van der Waals surface area contributed by atoms with E-state index in [2.05, 4.69) is 24.0 Å². The van der Waals surface area contributed by atoms with E-state index in [0.717, 1.165) is 41.9 Å². The van der Waals surface area contributed by atoms with E-state index in [1.54, 1.807) is 0 Å². The van der Waals surface area contributed by atoms with Gasteiger partial charge in [0.05, 0.1) is 0 Å². The molecule has 0 bridgehead atoms. The molecule has 1 aliphatic rings. The van der Waals surface area contributed by atoms with Gasteiger partial charge in [0, 0.05) is 29.1 Å². The lowest BCUT2D eigenvalue weighted by Crippen LogP contribution is -2.19. The number of hydrogen-bond donors (Lipinski definition) is 1. The molecule has 0 radical (unpaired) electrons. The molecule has 0 saturated heterocycles. The second-order valence-electron chi connectivity index (χ2n) is 4.91. The van der Waals surface area contributed by atoms with E-state index in [1.165, 1.54) is 5.56 Å². The fourth-order valence-electron chi connectivity index (χ4n) is 2.53. The van der Waals surface area contributed by atoms with Gasteiger partial charge in [-0.05, 0) is 31.7 Å². The van der Waals surface area contributed by atoms with Gasteiger partial charge in [-0.1, -0.05) is 24.3 Å². The zero-order valence-corrected chi connectivity index (χ0v) is 10.6. The average molecular weight is 239 g/mol. The van der Waals surface area contributed by atoms with E-state index >= 15 is 0 Å². The monoisotopic (exact) mass is 239 g/mol. The summed E-state index contributed by atoms with van der Waals surface area (Å²) >= 11 is 0. The molecule has 0 aliphatic heterocycles. The molecule has 1 atom stereocenters. The van der Waals surface area contributed by atoms with Crippen LogP contribution < -0.4 is 5.73 Å². The largest absolute Gasteiger partial charge is 0.324 e. The van der Waals surface area contributed by atoms with Crippen molar-refractivity contribution < 1.29 is 0 Å². The molecule has 2 aromatic rings. The first-order valence-corrected chi connectivity index (χ1v) is 6.43. The second-order valence-corrected chi connectivity index (χ2v) is 4.91. The average Bonchev–Trinajstić information content (AvgIpc) is 2.39. The number of nitrogens with two attached hydrogens (primary N) is 1. The van der Waals surface area contributed by atoms with Gasteiger partial charge < -0.3 is 5.73 Å². The molecule has 3 rings (SSSR count). The van der Waals surface area contributed by atoms with Crippen molar-refractivity contribution in [3.8, 4) is 11.4 Å². The van der Waals surface area contributed by atoms with Gasteiger partial charge in [0.15, 0.2) is 5.82 Å². The van der Waals surface area contributed by atoms with E-state index in [4.69, 9.17) is 10.7 Å². The number of aromatic nitrogens is 2. The van der Waals surface area contributed by atoms with Gasteiger partial charge in [-0.3, -0.25) is 0 Å². The van der Waals surface area contributed by atoms with Crippen LogP contribution >= 0.6 is 0 Å². The number of nitrogens with zero attached hydrogens (tertiary/aromatic N) is 2. The van der Waals surface area contributed by atoms with Crippen LogP contribution in [0.5, 0.6) is 0 Å². The standard InChI is InChI=1S/C15H17N3/c1-10-5-2-3-6-11(10)15-17-9-12-13(16)7-4-8-14(12)18-15/h2-3,5-6,9,13H,4,7-8,16H2,1H3. The third-order valence-electron chi connectivity index (χ3n) is 3.61. The quantitative estimate of drug-likeness (QED) is 0.832. The summed E-state index contributed by atoms with van der Waals surface area (Å²) in [7, 11) is 0. The van der Waals surface area contributed by atoms with Crippen LogP contribution in [0.1, 0.15) is 35.7 Å². The van der Waals surface area contributed by atoms with Crippen LogP contribution in [0.25, 0.3) is 11.4 Å². The van der Waals surface area contributed by atoms with Gasteiger partial charge in [0.25, 0.3) is 0 Å². The lowest BCUT2D eigenvalue weighted by Gasteiger charge is -2.21. The normalized spacial score (nSPS) is 18.4. The highest BCUT2D eigenvalue weighted by Crippen LogP contribution is 2.28. The molecule has 1 unspecified atom stereocenters. The molecule has 3 nitrogen and oxygen atoms in total. The molecule has 0 saturated carbocycles. The van der Waals surface area contributed by atoms with E-state index in [0.29, 0.717) is 0 Å². The Morgan fingerprint density at radius 2 is 2.11 bits per heavy atom. The Kier molecular flexibility index (Phi) is 2.84. The topological polar surface area (TPSA) is 51.8 Å². The van der Waals surface area contributed by atoms with Gasteiger partial charge in [0.2, 0.25) is 0 Å². The Bertz CT molecular complexity index is 578. The first kappa shape index (κ1) is 11.4. The zero-order chi connectivity index (χ0) is 12.5. The van der Waals surface area contributed by atoms with E-state index in [-0.39, 0.29) is 6.04 Å². The minimum atomic E-state index is 0.111. The van der Waals surface area contributed by atoms with Crippen molar-refractivity contribution in [1.29, 1.82) is 0 Å². The van der Waals surface area contributed by atoms with Gasteiger partial charge in [-0.25, -0.2) is 9.97 Å². The van der Waals surface area contributed by atoms with Crippen molar-refractivity contribution in [2.24, 2.45) is 5.73 Å². The highest BCUT2D eigenvalue weighted by Gasteiger charge is 2.19. The maximum absolute atomic E-state index is 6.09. The summed E-state index contributed by atoms with van der Waals surface area (Å²) in [4.78, 5) is 9.19. The molecule has 0 amide bonds. The molecular weight excluding hydrogens is 222 g/mol. The van der Waals surface area contributed by atoms with Crippen molar-refractivity contribution in [2.75, 3.05) is 0 Å². The van der Waals surface area contributed by atoms with Crippen LogP contribution in [0, 0.1) is 6.92 Å². The second kappa shape index (κ2) is 4.50. The highest BCUT2D eigenvalue weighted by molar-refractivity contribution is 5.59. The lowest BCUT2D eigenvalue weighted by molar-refractivity contribution is 0.557. The Hall–Kier alpha value is -1.74.